The first-order valence-electron chi connectivity index (χ1n) is 9.46. The predicted octanol–water partition coefficient (Wildman–Crippen LogP) is 2.39. The molecule has 0 aliphatic carbocycles. The van der Waals surface area contributed by atoms with E-state index >= 15 is 0 Å². The fourth-order valence-corrected chi connectivity index (χ4v) is 3.54. The zero-order valence-electron chi connectivity index (χ0n) is 15.7. The Morgan fingerprint density at radius 3 is 3.03 bits per heavy atom. The van der Waals surface area contributed by atoms with Gasteiger partial charge < -0.3 is 20.4 Å². The summed E-state index contributed by atoms with van der Waals surface area (Å²) in [7, 11) is 0. The van der Waals surface area contributed by atoms with Crippen LogP contribution in [0.1, 0.15) is 17.9 Å². The van der Waals surface area contributed by atoms with Crippen LogP contribution in [0.3, 0.4) is 0 Å². The van der Waals surface area contributed by atoms with Gasteiger partial charge in [-0.2, -0.15) is 0 Å². The molecule has 3 heterocycles. The minimum Gasteiger partial charge on any atom is -0.486 e. The molecule has 0 saturated carbocycles. The summed E-state index contributed by atoms with van der Waals surface area (Å²) in [6.45, 7) is 3.50. The van der Waals surface area contributed by atoms with Gasteiger partial charge in [0.1, 0.15) is 29.5 Å². The lowest BCUT2D eigenvalue weighted by Crippen LogP contribution is -2.25. The largest absolute Gasteiger partial charge is 0.486 e. The van der Waals surface area contributed by atoms with Crippen LogP contribution in [0, 0.1) is 11.7 Å². The van der Waals surface area contributed by atoms with E-state index in [4.69, 9.17) is 16.3 Å². The van der Waals surface area contributed by atoms with Crippen LogP contribution in [0.5, 0.6) is 5.75 Å². The zero-order chi connectivity index (χ0) is 20.2. The third-order valence-electron chi connectivity index (χ3n) is 4.90. The molecule has 1 aliphatic heterocycles. The Hall–Kier alpha value is -2.55. The number of fused-ring (bicyclic) bond motifs is 1. The highest BCUT2D eigenvalue weighted by Crippen LogP contribution is 2.21. The second kappa shape index (κ2) is 8.86. The van der Waals surface area contributed by atoms with Crippen LogP contribution in [-0.4, -0.2) is 34.6 Å². The van der Waals surface area contributed by atoms with E-state index in [1.54, 1.807) is 12.3 Å². The number of aromatic amines is 1. The fourth-order valence-electron chi connectivity index (χ4n) is 3.37. The number of pyridine rings is 1. The summed E-state index contributed by atoms with van der Waals surface area (Å²) >= 11 is 5.77. The second-order valence-corrected chi connectivity index (χ2v) is 7.43. The van der Waals surface area contributed by atoms with Crippen LogP contribution < -0.4 is 20.9 Å². The van der Waals surface area contributed by atoms with Gasteiger partial charge >= 0.3 is 0 Å². The number of nitrogens with zero attached hydrogens (tertiary/aromatic N) is 2. The van der Waals surface area contributed by atoms with E-state index < -0.39 is 5.82 Å². The van der Waals surface area contributed by atoms with Crippen molar-refractivity contribution < 1.29 is 9.13 Å². The lowest BCUT2D eigenvalue weighted by atomic mass is 10.1. The van der Waals surface area contributed by atoms with Crippen LogP contribution in [0.15, 0.2) is 35.3 Å². The van der Waals surface area contributed by atoms with E-state index in [0.717, 1.165) is 26.1 Å². The molecule has 2 aromatic heterocycles. The van der Waals surface area contributed by atoms with E-state index in [1.165, 1.54) is 18.2 Å². The first-order chi connectivity index (χ1) is 14.1. The van der Waals surface area contributed by atoms with E-state index in [9.17, 15) is 9.18 Å². The molecular weight excluding hydrogens is 397 g/mol. The quantitative estimate of drug-likeness (QED) is 0.546. The summed E-state index contributed by atoms with van der Waals surface area (Å²) < 4.78 is 18.9. The van der Waals surface area contributed by atoms with Crippen LogP contribution in [-0.2, 0) is 13.2 Å². The molecule has 1 saturated heterocycles. The average molecular weight is 418 g/mol. The topological polar surface area (TPSA) is 91.9 Å². The number of H-pyrrole nitrogens is 1. The van der Waals surface area contributed by atoms with Gasteiger partial charge in [-0.1, -0.05) is 11.6 Å². The van der Waals surface area contributed by atoms with Crippen LogP contribution in [0.25, 0.3) is 10.9 Å². The van der Waals surface area contributed by atoms with Gasteiger partial charge in [-0.05, 0) is 50.2 Å². The number of benzene rings is 1. The molecule has 1 aliphatic rings. The molecule has 1 unspecified atom stereocenters. The number of nitrogens with one attached hydrogen (secondary N) is 3. The maximum absolute atomic E-state index is 13.3. The highest BCUT2D eigenvalue weighted by Gasteiger charge is 2.15. The molecule has 4 rings (SSSR count). The Morgan fingerprint density at radius 1 is 1.34 bits per heavy atom. The molecule has 1 fully saturated rings. The normalized spacial score (nSPS) is 16.4. The van der Waals surface area contributed by atoms with Gasteiger partial charge in [0.15, 0.2) is 0 Å². The maximum Gasteiger partial charge on any atom is 0.258 e. The van der Waals surface area contributed by atoms with Crippen molar-refractivity contribution in [3.8, 4) is 5.75 Å². The number of hydrogen-bond donors (Lipinski definition) is 3. The van der Waals surface area contributed by atoms with Gasteiger partial charge in [-0.25, -0.2) is 9.37 Å². The highest BCUT2D eigenvalue weighted by atomic mass is 35.5. The molecule has 29 heavy (non-hydrogen) atoms. The van der Waals surface area contributed by atoms with Gasteiger partial charge in [0, 0.05) is 18.8 Å². The molecule has 0 bridgehead atoms. The number of halogens is 2. The highest BCUT2D eigenvalue weighted by molar-refractivity contribution is 6.30. The smallest absolute Gasteiger partial charge is 0.258 e. The van der Waals surface area contributed by atoms with Crippen LogP contribution in [0.4, 0.5) is 4.39 Å². The Labute approximate surface area is 171 Å². The van der Waals surface area contributed by atoms with Crippen molar-refractivity contribution in [1.82, 2.24) is 25.6 Å². The van der Waals surface area contributed by atoms with E-state index in [-0.39, 0.29) is 17.2 Å². The molecule has 1 aromatic carbocycles. The molecule has 9 heteroatoms. The third kappa shape index (κ3) is 4.72. The van der Waals surface area contributed by atoms with Crippen LogP contribution >= 0.6 is 11.6 Å². The van der Waals surface area contributed by atoms with Gasteiger partial charge in [0.25, 0.3) is 5.56 Å². The number of hydrogen-bond acceptors (Lipinski definition) is 6. The van der Waals surface area contributed by atoms with E-state index in [0.29, 0.717) is 40.6 Å². The Kier molecular flexibility index (Phi) is 6.03. The standard InChI is InChI=1S/C20H21ClFN5O2/c21-15-7-13(1-2-16(15)22)29-11-18-26-19-14(20(28)27-18)4-6-25-17(19)10-24-9-12-3-5-23-8-12/h1-2,4,6-7,12,23-24H,3,5,8-11H2,(H,26,27,28). The maximum atomic E-state index is 13.3. The minimum absolute atomic E-state index is 0.0165. The molecule has 0 amide bonds. The molecule has 7 nitrogen and oxygen atoms in total. The van der Waals surface area contributed by atoms with Crippen LogP contribution in [0.2, 0.25) is 5.02 Å². The molecule has 3 aromatic rings. The number of ether oxygens (including phenoxy) is 1. The number of rotatable bonds is 7. The first kappa shape index (κ1) is 19.8. The first-order valence-corrected chi connectivity index (χ1v) is 9.84. The Morgan fingerprint density at radius 2 is 2.24 bits per heavy atom. The summed E-state index contributed by atoms with van der Waals surface area (Å²) in [4.78, 5) is 24.1. The molecular formula is C20H21ClFN5O2. The summed E-state index contributed by atoms with van der Waals surface area (Å²) in [5.74, 6) is 0.829. The lowest BCUT2D eigenvalue weighted by Gasteiger charge is -2.11. The van der Waals surface area contributed by atoms with Crippen molar-refractivity contribution in [2.75, 3.05) is 19.6 Å². The minimum atomic E-state index is -0.521. The van der Waals surface area contributed by atoms with E-state index in [2.05, 4.69) is 25.6 Å². The van der Waals surface area contributed by atoms with Gasteiger partial charge in [0.2, 0.25) is 0 Å². The van der Waals surface area contributed by atoms with Crippen molar-refractivity contribution >= 4 is 22.5 Å². The van der Waals surface area contributed by atoms with Crippen molar-refractivity contribution in [3.05, 3.63) is 63.2 Å². The molecule has 3 N–H and O–H groups in total. The predicted molar refractivity (Wildman–Crippen MR) is 109 cm³/mol. The summed E-state index contributed by atoms with van der Waals surface area (Å²) in [5.41, 5.74) is 1.00. The van der Waals surface area contributed by atoms with Gasteiger partial charge in [-0.15, -0.1) is 0 Å². The monoisotopic (exact) mass is 417 g/mol. The van der Waals surface area contributed by atoms with Gasteiger partial charge in [0.05, 0.1) is 16.1 Å². The Balaban J connectivity index is 1.50. The van der Waals surface area contributed by atoms with Gasteiger partial charge in [-0.3, -0.25) is 9.78 Å². The van der Waals surface area contributed by atoms with Crippen molar-refractivity contribution in [2.24, 2.45) is 5.92 Å². The van der Waals surface area contributed by atoms with Crippen molar-refractivity contribution in [2.45, 2.75) is 19.6 Å². The molecule has 0 radical (unpaired) electrons. The fraction of sp³-hybridized carbons (Fsp3) is 0.350. The molecule has 0 spiro atoms. The molecule has 152 valence electrons. The SMILES string of the molecule is O=c1[nH]c(COc2ccc(F)c(Cl)c2)nc2c(CNCC3CCNC3)nccc12. The zero-order valence-corrected chi connectivity index (χ0v) is 16.4. The summed E-state index contributed by atoms with van der Waals surface area (Å²) in [6.07, 6.45) is 2.77. The van der Waals surface area contributed by atoms with E-state index in [1.807, 2.05) is 0 Å². The second-order valence-electron chi connectivity index (χ2n) is 7.02. The summed E-state index contributed by atoms with van der Waals surface area (Å²) in [5, 5.41) is 7.20. The third-order valence-corrected chi connectivity index (χ3v) is 5.19. The number of aromatic nitrogens is 3. The lowest BCUT2D eigenvalue weighted by molar-refractivity contribution is 0.295. The summed E-state index contributed by atoms with van der Waals surface area (Å²) in [6, 6.07) is 5.72. The van der Waals surface area contributed by atoms with Crippen molar-refractivity contribution in [3.63, 3.8) is 0 Å². The van der Waals surface area contributed by atoms with Crippen molar-refractivity contribution in [1.29, 1.82) is 0 Å². The average Bonchev–Trinajstić information content (AvgIpc) is 3.23. The molecule has 1 atom stereocenters. The Bertz CT molecular complexity index is 1070.